The van der Waals surface area contributed by atoms with Gasteiger partial charge in [0.1, 0.15) is 11.6 Å². The van der Waals surface area contributed by atoms with Crippen molar-refractivity contribution in [3.8, 4) is 0 Å². The summed E-state index contributed by atoms with van der Waals surface area (Å²) in [5.41, 5.74) is 1.10. The lowest BCUT2D eigenvalue weighted by Gasteiger charge is -2.24. The number of sulfone groups is 1. The highest BCUT2D eigenvalue weighted by atomic mass is 32.2. The Hall–Kier alpha value is -3.76. The van der Waals surface area contributed by atoms with Gasteiger partial charge >= 0.3 is 0 Å². The number of hydrogen-bond acceptors (Lipinski definition) is 6. The minimum absolute atomic E-state index is 0.0689. The van der Waals surface area contributed by atoms with Gasteiger partial charge in [0.15, 0.2) is 0 Å². The van der Waals surface area contributed by atoms with Gasteiger partial charge in [-0.3, -0.25) is 4.79 Å². The van der Waals surface area contributed by atoms with E-state index in [0.717, 1.165) is 12.8 Å². The van der Waals surface area contributed by atoms with E-state index in [1.54, 1.807) is 51.9 Å². The van der Waals surface area contributed by atoms with Gasteiger partial charge in [-0.2, -0.15) is 0 Å². The molecule has 3 heterocycles. The fourth-order valence-electron chi connectivity index (χ4n) is 4.59. The van der Waals surface area contributed by atoms with Crippen molar-refractivity contribution in [2.45, 2.75) is 49.5 Å². The molecule has 0 N–H and O–H groups in total. The largest absolute Gasteiger partial charge is 0.467 e. The molecule has 8 nitrogen and oxygen atoms in total. The molecular formula is C28H28FN3O5S. The zero-order valence-electron chi connectivity index (χ0n) is 20.7. The zero-order valence-corrected chi connectivity index (χ0v) is 21.5. The molecule has 5 rings (SSSR count). The fourth-order valence-corrected chi connectivity index (χ4v) is 6.10. The van der Waals surface area contributed by atoms with E-state index >= 15 is 0 Å². The van der Waals surface area contributed by atoms with Gasteiger partial charge in [0.05, 0.1) is 49.6 Å². The summed E-state index contributed by atoms with van der Waals surface area (Å²) in [5, 5.41) is -0.170. The Balaban J connectivity index is 1.50. The first kappa shape index (κ1) is 25.9. The number of halogens is 1. The zero-order chi connectivity index (χ0) is 26.5. The third-order valence-corrected chi connectivity index (χ3v) is 8.05. The topological polar surface area (TPSA) is 94.6 Å². The van der Waals surface area contributed by atoms with Crippen LogP contribution in [0.15, 0.2) is 88.8 Å². The van der Waals surface area contributed by atoms with Gasteiger partial charge in [0.25, 0.3) is 5.91 Å². The minimum Gasteiger partial charge on any atom is -0.467 e. The first-order valence-corrected chi connectivity index (χ1v) is 14.0. The quantitative estimate of drug-likeness (QED) is 0.293. The summed E-state index contributed by atoms with van der Waals surface area (Å²) in [6, 6.07) is 18.2. The van der Waals surface area contributed by atoms with Gasteiger partial charge in [-0.1, -0.05) is 36.4 Å². The molecule has 10 heteroatoms. The van der Waals surface area contributed by atoms with E-state index < -0.39 is 21.4 Å². The summed E-state index contributed by atoms with van der Waals surface area (Å²) in [4.78, 5) is 19.3. The van der Waals surface area contributed by atoms with Crippen molar-refractivity contribution in [2.24, 2.45) is 0 Å². The monoisotopic (exact) mass is 537 g/mol. The third-order valence-electron chi connectivity index (χ3n) is 6.48. The van der Waals surface area contributed by atoms with Gasteiger partial charge in [-0.05, 0) is 43.2 Å². The number of carbonyl (C=O) groups is 1. The predicted octanol–water partition coefficient (Wildman–Crippen LogP) is 4.61. The Kier molecular flexibility index (Phi) is 7.71. The number of imidazole rings is 1. The molecule has 1 aliphatic heterocycles. The molecule has 0 spiro atoms. The Labute approximate surface area is 220 Å². The first-order valence-electron chi connectivity index (χ1n) is 12.4. The second-order valence-electron chi connectivity index (χ2n) is 9.23. The highest BCUT2D eigenvalue weighted by Crippen LogP contribution is 2.24. The van der Waals surface area contributed by atoms with E-state index in [2.05, 4.69) is 4.98 Å². The van der Waals surface area contributed by atoms with Gasteiger partial charge in [0.2, 0.25) is 15.0 Å². The van der Waals surface area contributed by atoms with Crippen molar-refractivity contribution < 1.29 is 26.8 Å². The molecule has 4 aromatic rings. The highest BCUT2D eigenvalue weighted by molar-refractivity contribution is 7.90. The van der Waals surface area contributed by atoms with Gasteiger partial charge < -0.3 is 18.6 Å². The van der Waals surface area contributed by atoms with Crippen LogP contribution in [0, 0.1) is 5.82 Å². The first-order chi connectivity index (χ1) is 18.4. The minimum atomic E-state index is -4.01. The molecule has 1 amide bonds. The van der Waals surface area contributed by atoms with Crippen LogP contribution in [0.5, 0.6) is 0 Å². The molecule has 38 heavy (non-hydrogen) atoms. The fraction of sp³-hybridized carbons (Fsp3) is 0.286. The second-order valence-corrected chi connectivity index (χ2v) is 11.1. The summed E-state index contributed by atoms with van der Waals surface area (Å²) < 4.78 is 54.1. The van der Waals surface area contributed by atoms with E-state index in [1.807, 2.05) is 6.07 Å². The van der Waals surface area contributed by atoms with Crippen molar-refractivity contribution >= 4 is 15.7 Å². The van der Waals surface area contributed by atoms with Crippen LogP contribution in [-0.2, 0) is 40.0 Å². The normalized spacial score (nSPS) is 15.6. The average Bonchev–Trinajstić information content (AvgIpc) is 3.69. The van der Waals surface area contributed by atoms with Crippen molar-refractivity contribution in [3.63, 3.8) is 0 Å². The Morgan fingerprint density at radius 3 is 2.55 bits per heavy atom. The van der Waals surface area contributed by atoms with Crippen LogP contribution >= 0.6 is 0 Å². The maximum atomic E-state index is 14.3. The SMILES string of the molecule is O=C(c1ccccc1)N(Cc1ccco1)Cc1cnc(S(=O)(=O)Cc2ccccc2F)n1CC1CCCO1. The van der Waals surface area contributed by atoms with Crippen LogP contribution in [0.1, 0.15) is 40.2 Å². The smallest absolute Gasteiger partial charge is 0.254 e. The molecule has 0 aliphatic carbocycles. The maximum Gasteiger partial charge on any atom is 0.254 e. The third kappa shape index (κ3) is 5.87. The summed E-state index contributed by atoms with van der Waals surface area (Å²) in [6.45, 7) is 1.13. The van der Waals surface area contributed by atoms with Gasteiger partial charge in [-0.15, -0.1) is 0 Å². The summed E-state index contributed by atoms with van der Waals surface area (Å²) in [5.74, 6) is -0.762. The van der Waals surface area contributed by atoms with E-state index in [-0.39, 0.29) is 42.4 Å². The molecule has 0 bridgehead atoms. The average molecular weight is 538 g/mol. The van der Waals surface area contributed by atoms with E-state index in [9.17, 15) is 17.6 Å². The molecule has 2 aromatic carbocycles. The van der Waals surface area contributed by atoms with Crippen LogP contribution in [0.25, 0.3) is 0 Å². The van der Waals surface area contributed by atoms with Crippen molar-refractivity contribution in [2.75, 3.05) is 6.61 Å². The summed E-state index contributed by atoms with van der Waals surface area (Å²) >= 11 is 0. The number of nitrogens with zero attached hydrogens (tertiary/aromatic N) is 3. The molecule has 1 atom stereocenters. The van der Waals surface area contributed by atoms with Crippen molar-refractivity contribution in [3.05, 3.63) is 108 Å². The molecular weight excluding hydrogens is 509 g/mol. The molecule has 0 saturated carbocycles. The van der Waals surface area contributed by atoms with Gasteiger partial charge in [-0.25, -0.2) is 17.8 Å². The molecule has 2 aromatic heterocycles. The molecule has 1 fully saturated rings. The Morgan fingerprint density at radius 2 is 1.84 bits per heavy atom. The molecule has 1 aliphatic rings. The van der Waals surface area contributed by atoms with Crippen LogP contribution in [0.2, 0.25) is 0 Å². The molecule has 198 valence electrons. The Morgan fingerprint density at radius 1 is 1.05 bits per heavy atom. The van der Waals surface area contributed by atoms with Crippen molar-refractivity contribution in [1.82, 2.24) is 14.5 Å². The molecule has 1 unspecified atom stereocenters. The standard InChI is InChI=1S/C28H28FN3O5S/c29-26-13-5-4-10-22(26)20-38(34,35)28-30-16-23(32(28)19-25-12-7-15-37-25)17-31(18-24-11-6-14-36-24)27(33)21-8-2-1-3-9-21/h1-6,8-11,13-14,16,25H,7,12,15,17-20H2. The number of ether oxygens (including phenoxy) is 1. The highest BCUT2D eigenvalue weighted by Gasteiger charge is 2.29. The van der Waals surface area contributed by atoms with Crippen LogP contribution < -0.4 is 0 Å². The Bertz CT molecular complexity index is 1480. The van der Waals surface area contributed by atoms with Crippen LogP contribution in [0.4, 0.5) is 4.39 Å². The lowest BCUT2D eigenvalue weighted by molar-refractivity contribution is 0.0706. The number of amides is 1. The molecule has 1 saturated heterocycles. The number of aromatic nitrogens is 2. The summed E-state index contributed by atoms with van der Waals surface area (Å²) in [7, 11) is -4.01. The van der Waals surface area contributed by atoms with E-state index in [1.165, 1.54) is 30.7 Å². The maximum absolute atomic E-state index is 14.3. The van der Waals surface area contributed by atoms with Crippen LogP contribution in [0.3, 0.4) is 0 Å². The number of rotatable bonds is 10. The van der Waals surface area contributed by atoms with E-state index in [0.29, 0.717) is 23.6 Å². The van der Waals surface area contributed by atoms with E-state index in [4.69, 9.17) is 9.15 Å². The summed E-state index contributed by atoms with van der Waals surface area (Å²) in [6.07, 6.45) is 4.48. The lowest BCUT2D eigenvalue weighted by Crippen LogP contribution is -2.32. The second kappa shape index (κ2) is 11.3. The predicted molar refractivity (Wildman–Crippen MR) is 137 cm³/mol. The van der Waals surface area contributed by atoms with Crippen molar-refractivity contribution in [1.29, 1.82) is 0 Å². The van der Waals surface area contributed by atoms with Gasteiger partial charge in [0, 0.05) is 17.7 Å². The number of hydrogen-bond donors (Lipinski definition) is 0. The number of carbonyl (C=O) groups excluding carboxylic acids is 1. The lowest BCUT2D eigenvalue weighted by atomic mass is 10.2. The number of benzene rings is 2. The van der Waals surface area contributed by atoms with Crippen LogP contribution in [-0.4, -0.2) is 41.5 Å². The molecule has 0 radical (unpaired) electrons. The number of furan rings is 1.